The molecular formula is C15H12N4O2. The van der Waals surface area contributed by atoms with Crippen LogP contribution in [0.15, 0.2) is 42.5 Å². The van der Waals surface area contributed by atoms with E-state index < -0.39 is 5.97 Å². The van der Waals surface area contributed by atoms with E-state index in [0.29, 0.717) is 28.0 Å². The van der Waals surface area contributed by atoms with Gasteiger partial charge in [-0.2, -0.15) is 0 Å². The number of carboxylic acid groups (broad SMARTS) is 1. The summed E-state index contributed by atoms with van der Waals surface area (Å²) in [5.74, 6) is -0.557. The first-order chi connectivity index (χ1) is 10.1. The molecule has 0 aliphatic heterocycles. The van der Waals surface area contributed by atoms with Crippen molar-refractivity contribution in [3.8, 4) is 11.4 Å². The molecule has 6 nitrogen and oxygen atoms in total. The molecule has 0 atom stereocenters. The topological polar surface area (TPSA) is 116 Å². The van der Waals surface area contributed by atoms with E-state index in [-0.39, 0.29) is 11.4 Å². The minimum atomic E-state index is -1.00. The molecule has 0 aliphatic rings. The van der Waals surface area contributed by atoms with Gasteiger partial charge in [-0.05, 0) is 24.3 Å². The van der Waals surface area contributed by atoms with Gasteiger partial charge in [-0.3, -0.25) is 5.41 Å². The molecule has 0 amide bonds. The second kappa shape index (κ2) is 4.75. The predicted octanol–water partition coefficient (Wildman–Crippen LogP) is 2.21. The van der Waals surface area contributed by atoms with Gasteiger partial charge in [0, 0.05) is 11.1 Å². The largest absolute Gasteiger partial charge is 0.478 e. The van der Waals surface area contributed by atoms with Crippen molar-refractivity contribution in [3.05, 3.63) is 53.6 Å². The standard InChI is InChI=1S/C15H12N4O2/c16-13(17)8-5-6-11-12(7-8)19-14(18-11)9-3-1-2-4-10(9)15(20)21/h1-7H,(H3,16,17)(H,18,19)(H,20,21). The number of benzene rings is 2. The molecule has 5 N–H and O–H groups in total. The van der Waals surface area contributed by atoms with E-state index in [4.69, 9.17) is 11.1 Å². The van der Waals surface area contributed by atoms with Crippen molar-refractivity contribution in [1.82, 2.24) is 9.97 Å². The van der Waals surface area contributed by atoms with Crippen LogP contribution in [0, 0.1) is 5.41 Å². The van der Waals surface area contributed by atoms with Gasteiger partial charge in [0.15, 0.2) is 0 Å². The first-order valence-electron chi connectivity index (χ1n) is 6.23. The number of aromatic amines is 1. The quantitative estimate of drug-likeness (QED) is 0.434. The van der Waals surface area contributed by atoms with Crippen LogP contribution in [0.1, 0.15) is 15.9 Å². The monoisotopic (exact) mass is 280 g/mol. The van der Waals surface area contributed by atoms with Crippen molar-refractivity contribution in [2.75, 3.05) is 0 Å². The van der Waals surface area contributed by atoms with Gasteiger partial charge in [-0.15, -0.1) is 0 Å². The maximum Gasteiger partial charge on any atom is 0.336 e. The molecule has 0 aliphatic carbocycles. The van der Waals surface area contributed by atoms with Crippen LogP contribution >= 0.6 is 0 Å². The van der Waals surface area contributed by atoms with Crippen molar-refractivity contribution in [2.24, 2.45) is 5.73 Å². The van der Waals surface area contributed by atoms with E-state index >= 15 is 0 Å². The highest BCUT2D eigenvalue weighted by molar-refractivity contribution is 5.99. The minimum Gasteiger partial charge on any atom is -0.478 e. The fourth-order valence-electron chi connectivity index (χ4n) is 2.18. The van der Waals surface area contributed by atoms with Gasteiger partial charge < -0.3 is 15.8 Å². The lowest BCUT2D eigenvalue weighted by atomic mass is 10.1. The molecule has 1 heterocycles. The molecule has 3 aromatic rings. The van der Waals surface area contributed by atoms with Crippen LogP contribution in [0.2, 0.25) is 0 Å². The molecule has 21 heavy (non-hydrogen) atoms. The van der Waals surface area contributed by atoms with E-state index in [2.05, 4.69) is 9.97 Å². The average Bonchev–Trinajstić information content (AvgIpc) is 2.89. The number of hydrogen-bond donors (Lipinski definition) is 4. The van der Waals surface area contributed by atoms with Crippen molar-refractivity contribution in [3.63, 3.8) is 0 Å². The number of nitrogens with two attached hydrogens (primary N) is 1. The zero-order valence-electron chi connectivity index (χ0n) is 10.9. The Bertz CT molecular complexity index is 867. The molecule has 0 radical (unpaired) electrons. The second-order valence-electron chi connectivity index (χ2n) is 4.58. The van der Waals surface area contributed by atoms with Crippen LogP contribution in [0.25, 0.3) is 22.4 Å². The number of rotatable bonds is 3. The van der Waals surface area contributed by atoms with Crippen LogP contribution < -0.4 is 5.73 Å². The normalized spacial score (nSPS) is 10.7. The highest BCUT2D eigenvalue weighted by Crippen LogP contribution is 2.24. The third-order valence-corrected chi connectivity index (χ3v) is 3.21. The Balaban J connectivity index is 2.18. The summed E-state index contributed by atoms with van der Waals surface area (Å²) < 4.78 is 0. The Kier molecular flexibility index (Phi) is 2.91. The number of aromatic nitrogens is 2. The summed E-state index contributed by atoms with van der Waals surface area (Å²) in [6.07, 6.45) is 0. The van der Waals surface area contributed by atoms with E-state index in [1.165, 1.54) is 6.07 Å². The third-order valence-electron chi connectivity index (χ3n) is 3.21. The Hall–Kier alpha value is -3.15. The third kappa shape index (κ3) is 2.23. The molecule has 0 fully saturated rings. The molecule has 0 saturated heterocycles. The number of amidine groups is 1. The first-order valence-corrected chi connectivity index (χ1v) is 6.23. The van der Waals surface area contributed by atoms with Crippen molar-refractivity contribution in [2.45, 2.75) is 0 Å². The maximum atomic E-state index is 11.3. The number of nitrogens with zero attached hydrogens (tertiary/aromatic N) is 1. The number of imidazole rings is 1. The summed E-state index contributed by atoms with van der Waals surface area (Å²) in [6.45, 7) is 0. The molecule has 6 heteroatoms. The Morgan fingerprint density at radius 2 is 2.00 bits per heavy atom. The van der Waals surface area contributed by atoms with Gasteiger partial charge in [0.1, 0.15) is 11.7 Å². The van der Waals surface area contributed by atoms with Crippen molar-refractivity contribution >= 4 is 22.8 Å². The summed E-state index contributed by atoms with van der Waals surface area (Å²) >= 11 is 0. The number of fused-ring (bicyclic) bond motifs is 1. The molecule has 2 aromatic carbocycles. The van der Waals surface area contributed by atoms with Crippen molar-refractivity contribution in [1.29, 1.82) is 5.41 Å². The van der Waals surface area contributed by atoms with Crippen LogP contribution in [0.4, 0.5) is 0 Å². The zero-order chi connectivity index (χ0) is 15.0. The van der Waals surface area contributed by atoms with Gasteiger partial charge in [-0.1, -0.05) is 18.2 Å². The van der Waals surface area contributed by atoms with Crippen molar-refractivity contribution < 1.29 is 9.90 Å². The number of nitrogen functional groups attached to an aromatic ring is 1. The predicted molar refractivity (Wildman–Crippen MR) is 79.5 cm³/mol. The molecule has 0 unspecified atom stereocenters. The van der Waals surface area contributed by atoms with Gasteiger partial charge in [0.25, 0.3) is 0 Å². The number of H-pyrrole nitrogens is 1. The summed E-state index contributed by atoms with van der Waals surface area (Å²) in [6, 6.07) is 11.8. The number of nitrogens with one attached hydrogen (secondary N) is 2. The first kappa shape index (κ1) is 12.9. The summed E-state index contributed by atoms with van der Waals surface area (Å²) in [5.41, 5.74) is 8.14. The van der Waals surface area contributed by atoms with Crippen LogP contribution in [0.3, 0.4) is 0 Å². The highest BCUT2D eigenvalue weighted by Gasteiger charge is 2.14. The van der Waals surface area contributed by atoms with Gasteiger partial charge in [0.05, 0.1) is 16.6 Å². The zero-order valence-corrected chi connectivity index (χ0v) is 10.9. The molecule has 0 spiro atoms. The smallest absolute Gasteiger partial charge is 0.336 e. The van der Waals surface area contributed by atoms with E-state index in [1.54, 1.807) is 36.4 Å². The lowest BCUT2D eigenvalue weighted by molar-refractivity contribution is 0.0697. The molecule has 1 aromatic heterocycles. The molecule has 104 valence electrons. The van der Waals surface area contributed by atoms with Crippen LogP contribution in [-0.2, 0) is 0 Å². The molecular weight excluding hydrogens is 268 g/mol. The second-order valence-corrected chi connectivity index (χ2v) is 4.58. The summed E-state index contributed by atoms with van der Waals surface area (Å²) in [4.78, 5) is 18.7. The summed E-state index contributed by atoms with van der Waals surface area (Å²) in [5, 5.41) is 16.7. The Morgan fingerprint density at radius 1 is 1.24 bits per heavy atom. The number of carbonyl (C=O) groups is 1. The number of aromatic carboxylic acids is 1. The highest BCUT2D eigenvalue weighted by atomic mass is 16.4. The van der Waals surface area contributed by atoms with E-state index in [0.717, 1.165) is 0 Å². The van der Waals surface area contributed by atoms with E-state index in [9.17, 15) is 9.90 Å². The van der Waals surface area contributed by atoms with Crippen LogP contribution in [-0.4, -0.2) is 26.9 Å². The lowest BCUT2D eigenvalue weighted by Crippen LogP contribution is -2.10. The fraction of sp³-hybridized carbons (Fsp3) is 0. The minimum absolute atomic E-state index is 0.0287. The Labute approximate surface area is 119 Å². The average molecular weight is 280 g/mol. The number of carboxylic acids is 1. The lowest BCUT2D eigenvalue weighted by Gasteiger charge is -2.01. The molecule has 0 saturated carbocycles. The number of hydrogen-bond acceptors (Lipinski definition) is 3. The fourth-order valence-corrected chi connectivity index (χ4v) is 2.18. The molecule has 0 bridgehead atoms. The van der Waals surface area contributed by atoms with Gasteiger partial charge in [0.2, 0.25) is 0 Å². The van der Waals surface area contributed by atoms with Gasteiger partial charge >= 0.3 is 5.97 Å². The van der Waals surface area contributed by atoms with Gasteiger partial charge in [-0.25, -0.2) is 9.78 Å². The maximum absolute atomic E-state index is 11.3. The Morgan fingerprint density at radius 3 is 2.71 bits per heavy atom. The molecule has 3 rings (SSSR count). The SMILES string of the molecule is N=C(N)c1ccc2nc(-c3ccccc3C(=O)O)[nH]c2c1. The summed E-state index contributed by atoms with van der Waals surface area (Å²) in [7, 11) is 0. The van der Waals surface area contributed by atoms with Crippen LogP contribution in [0.5, 0.6) is 0 Å². The van der Waals surface area contributed by atoms with E-state index in [1.807, 2.05) is 0 Å².